The zero-order valence-corrected chi connectivity index (χ0v) is 16.8. The smallest absolute Gasteiger partial charge is 0.243 e. The first kappa shape index (κ1) is 19.1. The van der Waals surface area contributed by atoms with Crippen LogP contribution in [-0.2, 0) is 27.8 Å². The molecule has 2 unspecified atom stereocenters. The Kier molecular flexibility index (Phi) is 4.97. The number of pyridine rings is 1. The highest BCUT2D eigenvalue weighted by molar-refractivity contribution is 7.89. The van der Waals surface area contributed by atoms with E-state index in [-0.39, 0.29) is 17.2 Å². The number of hydrogen-bond donors (Lipinski definition) is 1. The van der Waals surface area contributed by atoms with Crippen molar-refractivity contribution in [3.8, 4) is 0 Å². The highest BCUT2D eigenvalue weighted by Gasteiger charge is 2.62. The Labute approximate surface area is 166 Å². The van der Waals surface area contributed by atoms with Crippen LogP contribution in [0, 0.1) is 11.3 Å². The quantitative estimate of drug-likeness (QED) is 0.809. The average molecular weight is 400 g/mol. The van der Waals surface area contributed by atoms with Crippen LogP contribution in [0.4, 0.5) is 0 Å². The Balaban J connectivity index is 1.38. The van der Waals surface area contributed by atoms with Crippen molar-refractivity contribution < 1.29 is 13.2 Å². The zero-order chi connectivity index (χ0) is 19.8. The molecule has 1 aromatic carbocycles. The number of nitrogens with one attached hydrogen (secondary N) is 1. The lowest BCUT2D eigenvalue weighted by Crippen LogP contribution is -2.31. The molecule has 28 heavy (non-hydrogen) atoms. The van der Waals surface area contributed by atoms with Gasteiger partial charge in [-0.3, -0.25) is 9.78 Å². The molecular formula is C21H25N3O3S. The van der Waals surface area contributed by atoms with Gasteiger partial charge >= 0.3 is 0 Å². The van der Waals surface area contributed by atoms with Crippen LogP contribution in [0.15, 0.2) is 53.7 Å². The number of aryl methyl sites for hydroxylation is 1. The van der Waals surface area contributed by atoms with Crippen molar-refractivity contribution in [1.29, 1.82) is 0 Å². The number of carbonyl (C=O) groups excluding carboxylic acids is 1. The lowest BCUT2D eigenvalue weighted by Gasteiger charge is -2.17. The van der Waals surface area contributed by atoms with E-state index >= 15 is 0 Å². The molecule has 1 amide bonds. The van der Waals surface area contributed by atoms with E-state index in [1.807, 2.05) is 31.2 Å². The first-order chi connectivity index (χ1) is 13.4. The Morgan fingerprint density at radius 2 is 1.89 bits per heavy atom. The van der Waals surface area contributed by atoms with E-state index in [0.29, 0.717) is 24.5 Å². The van der Waals surface area contributed by atoms with Crippen LogP contribution in [0.5, 0.6) is 0 Å². The molecule has 1 N–H and O–H groups in total. The molecule has 2 fully saturated rings. The van der Waals surface area contributed by atoms with E-state index in [2.05, 4.69) is 10.3 Å². The topological polar surface area (TPSA) is 79.4 Å². The number of sulfonamides is 1. The number of hydrogen-bond acceptors (Lipinski definition) is 4. The fourth-order valence-electron chi connectivity index (χ4n) is 4.09. The van der Waals surface area contributed by atoms with E-state index in [1.54, 1.807) is 28.8 Å². The number of benzene rings is 1. The summed E-state index contributed by atoms with van der Waals surface area (Å²) in [6, 6.07) is 10.8. The maximum atomic E-state index is 13.0. The van der Waals surface area contributed by atoms with E-state index in [9.17, 15) is 13.2 Å². The normalized spacial score (nSPS) is 24.4. The molecule has 2 heterocycles. The molecule has 1 aliphatic carbocycles. The summed E-state index contributed by atoms with van der Waals surface area (Å²) in [5.41, 5.74) is 1.92. The lowest BCUT2D eigenvalue weighted by molar-refractivity contribution is -0.123. The molecule has 4 rings (SSSR count). The van der Waals surface area contributed by atoms with Gasteiger partial charge in [-0.2, -0.15) is 4.31 Å². The summed E-state index contributed by atoms with van der Waals surface area (Å²) < 4.78 is 27.5. The van der Waals surface area contributed by atoms with Gasteiger partial charge in [-0.05, 0) is 60.1 Å². The SMILES string of the molecule is CCc1ccc(S(=O)(=O)N2CCC3(CC3C(=O)NCc3ccncc3)C2)cc1. The van der Waals surface area contributed by atoms with Crippen LogP contribution in [0.1, 0.15) is 30.9 Å². The maximum Gasteiger partial charge on any atom is 0.243 e. The van der Waals surface area contributed by atoms with Crippen LogP contribution >= 0.6 is 0 Å². The fourth-order valence-corrected chi connectivity index (χ4v) is 5.63. The van der Waals surface area contributed by atoms with Crippen molar-refractivity contribution in [2.75, 3.05) is 13.1 Å². The van der Waals surface area contributed by atoms with Crippen LogP contribution < -0.4 is 5.32 Å². The number of amides is 1. The van der Waals surface area contributed by atoms with Gasteiger partial charge in [-0.1, -0.05) is 19.1 Å². The third-order valence-corrected chi connectivity index (χ3v) is 7.90. The predicted octanol–water partition coefficient (Wildman–Crippen LogP) is 2.36. The minimum Gasteiger partial charge on any atom is -0.352 e. The van der Waals surface area contributed by atoms with Crippen molar-refractivity contribution in [2.45, 2.75) is 37.6 Å². The van der Waals surface area contributed by atoms with Gasteiger partial charge in [0.25, 0.3) is 0 Å². The summed E-state index contributed by atoms with van der Waals surface area (Å²) in [5.74, 6) is -0.0830. The lowest BCUT2D eigenvalue weighted by atomic mass is 10.0. The average Bonchev–Trinajstić information content (AvgIpc) is 3.25. The van der Waals surface area contributed by atoms with Gasteiger partial charge < -0.3 is 5.32 Å². The molecule has 148 valence electrons. The Morgan fingerprint density at radius 1 is 1.18 bits per heavy atom. The Hall–Kier alpha value is -2.25. The van der Waals surface area contributed by atoms with Crippen LogP contribution in [-0.4, -0.2) is 36.7 Å². The molecule has 2 aliphatic rings. The van der Waals surface area contributed by atoms with E-state index < -0.39 is 10.0 Å². The molecule has 1 spiro atoms. The molecule has 2 atom stereocenters. The summed E-state index contributed by atoms with van der Waals surface area (Å²) >= 11 is 0. The molecule has 6 nitrogen and oxygen atoms in total. The molecular weight excluding hydrogens is 374 g/mol. The van der Waals surface area contributed by atoms with Gasteiger partial charge in [-0.25, -0.2) is 8.42 Å². The molecule has 1 saturated heterocycles. The second-order valence-electron chi connectivity index (χ2n) is 7.78. The van der Waals surface area contributed by atoms with Crippen LogP contribution in [0.3, 0.4) is 0 Å². The molecule has 1 saturated carbocycles. The van der Waals surface area contributed by atoms with Gasteiger partial charge in [0.15, 0.2) is 0 Å². The van der Waals surface area contributed by atoms with E-state index in [1.165, 1.54) is 0 Å². The first-order valence-electron chi connectivity index (χ1n) is 9.70. The van der Waals surface area contributed by atoms with E-state index in [4.69, 9.17) is 0 Å². The van der Waals surface area contributed by atoms with Crippen molar-refractivity contribution in [2.24, 2.45) is 11.3 Å². The van der Waals surface area contributed by atoms with Crippen LogP contribution in [0.25, 0.3) is 0 Å². The zero-order valence-electron chi connectivity index (χ0n) is 16.0. The minimum absolute atomic E-state index is 0.0170. The number of aromatic nitrogens is 1. The number of nitrogens with zero attached hydrogens (tertiary/aromatic N) is 2. The summed E-state index contributed by atoms with van der Waals surface area (Å²) in [5, 5.41) is 2.98. The molecule has 1 aromatic heterocycles. The highest BCUT2D eigenvalue weighted by atomic mass is 32.2. The summed E-state index contributed by atoms with van der Waals surface area (Å²) in [6.07, 6.45) is 5.78. The van der Waals surface area contributed by atoms with Gasteiger partial charge in [0.1, 0.15) is 0 Å². The molecule has 1 aliphatic heterocycles. The second kappa shape index (κ2) is 7.29. The monoisotopic (exact) mass is 399 g/mol. The molecule has 0 bridgehead atoms. The van der Waals surface area contributed by atoms with Gasteiger partial charge in [-0.15, -0.1) is 0 Å². The fraction of sp³-hybridized carbons (Fsp3) is 0.429. The summed E-state index contributed by atoms with van der Waals surface area (Å²) in [4.78, 5) is 16.8. The third kappa shape index (κ3) is 3.56. The second-order valence-corrected chi connectivity index (χ2v) is 9.72. The molecule has 7 heteroatoms. The van der Waals surface area contributed by atoms with Gasteiger partial charge in [0.05, 0.1) is 4.90 Å². The Bertz CT molecular complexity index is 960. The van der Waals surface area contributed by atoms with Gasteiger partial charge in [0.2, 0.25) is 15.9 Å². The first-order valence-corrected chi connectivity index (χ1v) is 11.1. The van der Waals surface area contributed by atoms with Crippen LogP contribution in [0.2, 0.25) is 0 Å². The van der Waals surface area contributed by atoms with Gasteiger partial charge in [0, 0.05) is 37.9 Å². The number of carbonyl (C=O) groups is 1. The van der Waals surface area contributed by atoms with Crippen molar-refractivity contribution in [3.05, 3.63) is 59.9 Å². The van der Waals surface area contributed by atoms with Crippen molar-refractivity contribution in [3.63, 3.8) is 0 Å². The third-order valence-electron chi connectivity index (χ3n) is 6.04. The summed E-state index contributed by atoms with van der Waals surface area (Å²) in [7, 11) is -3.50. The maximum absolute atomic E-state index is 13.0. The van der Waals surface area contributed by atoms with E-state index in [0.717, 1.165) is 30.4 Å². The molecule has 0 radical (unpaired) electrons. The number of rotatable bonds is 6. The molecule has 2 aromatic rings. The standard InChI is InChI=1S/C21H25N3O3S/c1-2-16-3-5-18(6-4-16)28(26,27)24-12-9-21(15-24)13-19(21)20(25)23-14-17-7-10-22-11-8-17/h3-8,10-11,19H,2,9,12-15H2,1H3,(H,23,25). The van der Waals surface area contributed by atoms with Crippen molar-refractivity contribution in [1.82, 2.24) is 14.6 Å². The minimum atomic E-state index is -3.50. The van der Waals surface area contributed by atoms with Crippen molar-refractivity contribution >= 4 is 15.9 Å². The predicted molar refractivity (Wildman–Crippen MR) is 106 cm³/mol. The Morgan fingerprint density at radius 3 is 2.57 bits per heavy atom. The highest BCUT2D eigenvalue weighted by Crippen LogP contribution is 2.59. The summed E-state index contributed by atoms with van der Waals surface area (Å²) in [6.45, 7) is 3.42. The largest absolute Gasteiger partial charge is 0.352 e.